The first kappa shape index (κ1) is 20.7. The van der Waals surface area contributed by atoms with E-state index in [0.29, 0.717) is 19.3 Å². The highest BCUT2D eigenvalue weighted by molar-refractivity contribution is 6.36. The lowest BCUT2D eigenvalue weighted by Gasteiger charge is -2.56. The smallest absolute Gasteiger partial charge is 0.376 e. The van der Waals surface area contributed by atoms with Crippen LogP contribution in [-0.2, 0) is 28.7 Å². The number of carboxylic acids is 1. The van der Waals surface area contributed by atoms with Crippen LogP contribution in [0.15, 0.2) is 23.8 Å². The molecule has 0 spiro atoms. The van der Waals surface area contributed by atoms with Crippen molar-refractivity contribution in [3.63, 3.8) is 0 Å². The number of carboxylic acid groups (broad SMARTS) is 1. The van der Waals surface area contributed by atoms with Gasteiger partial charge < -0.3 is 9.84 Å². The van der Waals surface area contributed by atoms with E-state index in [9.17, 15) is 29.1 Å². The summed E-state index contributed by atoms with van der Waals surface area (Å²) in [5.74, 6) is -4.22. The molecule has 4 rings (SSSR count). The summed E-state index contributed by atoms with van der Waals surface area (Å²) in [7, 11) is 0. The van der Waals surface area contributed by atoms with Crippen molar-refractivity contribution >= 4 is 29.3 Å². The fourth-order valence-corrected chi connectivity index (χ4v) is 7.02. The molecule has 0 aliphatic heterocycles. The number of hydrogen-bond acceptors (Lipinski definition) is 6. The molecule has 30 heavy (non-hydrogen) atoms. The Morgan fingerprint density at radius 3 is 2.50 bits per heavy atom. The van der Waals surface area contributed by atoms with Gasteiger partial charge in [-0.15, -0.1) is 0 Å². The van der Waals surface area contributed by atoms with Crippen molar-refractivity contribution in [3.8, 4) is 0 Å². The van der Waals surface area contributed by atoms with E-state index in [2.05, 4.69) is 0 Å². The van der Waals surface area contributed by atoms with Gasteiger partial charge in [-0.2, -0.15) is 0 Å². The van der Waals surface area contributed by atoms with Crippen LogP contribution in [0, 0.1) is 28.6 Å². The third kappa shape index (κ3) is 2.53. The van der Waals surface area contributed by atoms with Gasteiger partial charge in [-0.05, 0) is 49.7 Å². The molecule has 4 aliphatic rings. The van der Waals surface area contributed by atoms with Crippen LogP contribution in [0.2, 0.25) is 0 Å². The third-order valence-corrected chi connectivity index (χ3v) is 8.26. The summed E-state index contributed by atoms with van der Waals surface area (Å²) >= 11 is 0. The monoisotopic (exact) mass is 414 g/mol. The molecule has 3 saturated carbocycles. The van der Waals surface area contributed by atoms with Crippen LogP contribution in [0.5, 0.6) is 0 Å². The lowest BCUT2D eigenvalue weighted by atomic mass is 9.46. The molecule has 160 valence electrons. The van der Waals surface area contributed by atoms with E-state index in [-0.39, 0.29) is 42.2 Å². The molecule has 0 saturated heterocycles. The van der Waals surface area contributed by atoms with E-state index in [1.54, 1.807) is 13.0 Å². The zero-order valence-electron chi connectivity index (χ0n) is 17.4. The number of carbonyl (C=O) groups is 5. The van der Waals surface area contributed by atoms with E-state index in [1.807, 2.05) is 13.0 Å². The van der Waals surface area contributed by atoms with Gasteiger partial charge in [0, 0.05) is 30.1 Å². The molecular formula is C23H26O7. The molecule has 4 aliphatic carbocycles. The Morgan fingerprint density at radius 2 is 1.87 bits per heavy atom. The second-order valence-electron chi connectivity index (χ2n) is 9.63. The molecule has 0 aromatic carbocycles. The van der Waals surface area contributed by atoms with Crippen LogP contribution in [0.25, 0.3) is 0 Å². The van der Waals surface area contributed by atoms with E-state index < -0.39 is 34.2 Å². The first-order chi connectivity index (χ1) is 14.0. The van der Waals surface area contributed by atoms with Crippen LogP contribution < -0.4 is 0 Å². The second kappa shape index (κ2) is 6.46. The summed E-state index contributed by atoms with van der Waals surface area (Å²) in [6.45, 7) is 4.87. The molecule has 0 unspecified atom stereocenters. The lowest BCUT2D eigenvalue weighted by molar-refractivity contribution is -0.192. The zero-order valence-corrected chi connectivity index (χ0v) is 17.4. The van der Waals surface area contributed by atoms with Crippen molar-refractivity contribution in [2.75, 3.05) is 0 Å². The summed E-state index contributed by atoms with van der Waals surface area (Å²) in [6, 6.07) is 0. The third-order valence-electron chi connectivity index (χ3n) is 8.26. The average molecular weight is 414 g/mol. The molecule has 7 nitrogen and oxygen atoms in total. The van der Waals surface area contributed by atoms with Gasteiger partial charge in [0.05, 0.1) is 0 Å². The predicted molar refractivity (Wildman–Crippen MR) is 104 cm³/mol. The van der Waals surface area contributed by atoms with Gasteiger partial charge in [0.1, 0.15) is 5.78 Å². The van der Waals surface area contributed by atoms with E-state index >= 15 is 0 Å². The maximum atomic E-state index is 13.5. The predicted octanol–water partition coefficient (Wildman–Crippen LogP) is 2.43. The minimum atomic E-state index is -1.83. The number of ketones is 3. The molecule has 6 atom stereocenters. The molecule has 0 bridgehead atoms. The van der Waals surface area contributed by atoms with Crippen molar-refractivity contribution in [1.29, 1.82) is 0 Å². The van der Waals surface area contributed by atoms with Crippen molar-refractivity contribution in [3.05, 3.63) is 23.8 Å². The van der Waals surface area contributed by atoms with Gasteiger partial charge in [0.15, 0.2) is 11.4 Å². The second-order valence-corrected chi connectivity index (χ2v) is 9.63. The molecular weight excluding hydrogens is 388 g/mol. The maximum Gasteiger partial charge on any atom is 0.376 e. The Labute approximate surface area is 174 Å². The first-order valence-corrected chi connectivity index (χ1v) is 10.4. The standard InChI is InChI=1S/C23H26O7/c1-12(24)30-23(19(27)20(28)29)9-7-16-15-5-4-13-10-14(25)6-8-21(13,2)18(15)17(26)11-22(16,23)3/h6,8,10,15-16,18H,4-5,7,9,11H2,1-3H3,(H,28,29)/t15-,16-,18+,21-,22-,23-/m0/s1. The van der Waals surface area contributed by atoms with Crippen molar-refractivity contribution in [2.45, 2.75) is 58.5 Å². The lowest BCUT2D eigenvalue weighted by Crippen LogP contribution is -2.62. The van der Waals surface area contributed by atoms with E-state index in [4.69, 9.17) is 4.74 Å². The number of hydrogen-bond donors (Lipinski definition) is 1. The Kier molecular flexibility index (Phi) is 4.46. The van der Waals surface area contributed by atoms with E-state index in [0.717, 1.165) is 12.5 Å². The molecule has 0 aromatic heterocycles. The van der Waals surface area contributed by atoms with Gasteiger partial charge >= 0.3 is 11.9 Å². The Balaban J connectivity index is 1.80. The molecule has 0 radical (unpaired) electrons. The number of Topliss-reactive ketones (excluding diaryl/α,β-unsaturated/α-hetero) is 2. The van der Waals surface area contributed by atoms with Crippen LogP contribution >= 0.6 is 0 Å². The number of allylic oxidation sites excluding steroid dienone is 4. The normalized spacial score (nSPS) is 42.0. The maximum absolute atomic E-state index is 13.5. The van der Waals surface area contributed by atoms with Gasteiger partial charge in [0.2, 0.25) is 0 Å². The van der Waals surface area contributed by atoms with E-state index in [1.165, 1.54) is 6.08 Å². The molecule has 0 heterocycles. The van der Waals surface area contributed by atoms with Gasteiger partial charge in [0.25, 0.3) is 5.78 Å². The number of esters is 1. The number of aliphatic carboxylic acids is 1. The fourth-order valence-electron chi connectivity index (χ4n) is 7.02. The van der Waals surface area contributed by atoms with Gasteiger partial charge in [-0.3, -0.25) is 19.2 Å². The molecule has 0 aromatic rings. The highest BCUT2D eigenvalue weighted by Crippen LogP contribution is 2.66. The minimum absolute atomic E-state index is 0.0320. The quantitative estimate of drug-likeness (QED) is 0.557. The van der Waals surface area contributed by atoms with Gasteiger partial charge in [-0.1, -0.05) is 25.5 Å². The number of rotatable bonds is 3. The molecule has 1 N–H and O–H groups in total. The molecule has 7 heteroatoms. The largest absolute Gasteiger partial charge is 0.475 e. The highest BCUT2D eigenvalue weighted by atomic mass is 16.6. The minimum Gasteiger partial charge on any atom is -0.475 e. The zero-order chi connectivity index (χ0) is 22.1. The van der Waals surface area contributed by atoms with Crippen molar-refractivity contribution in [1.82, 2.24) is 0 Å². The average Bonchev–Trinajstić information content (AvgIpc) is 2.93. The van der Waals surface area contributed by atoms with Crippen molar-refractivity contribution in [2.24, 2.45) is 28.6 Å². The Hall–Kier alpha value is -2.57. The van der Waals surface area contributed by atoms with Crippen LogP contribution in [-0.4, -0.2) is 40.0 Å². The Bertz CT molecular complexity index is 943. The van der Waals surface area contributed by atoms with Crippen LogP contribution in [0.4, 0.5) is 0 Å². The summed E-state index contributed by atoms with van der Waals surface area (Å²) in [5, 5.41) is 9.47. The van der Waals surface area contributed by atoms with Crippen LogP contribution in [0.3, 0.4) is 0 Å². The highest BCUT2D eigenvalue weighted by Gasteiger charge is 2.71. The topological polar surface area (TPSA) is 115 Å². The first-order valence-electron chi connectivity index (χ1n) is 10.4. The summed E-state index contributed by atoms with van der Waals surface area (Å²) in [6.07, 6.45) is 6.89. The van der Waals surface area contributed by atoms with Crippen LogP contribution in [0.1, 0.15) is 52.9 Å². The Morgan fingerprint density at radius 1 is 1.17 bits per heavy atom. The fraction of sp³-hybridized carbons (Fsp3) is 0.609. The number of fused-ring (bicyclic) bond motifs is 5. The SMILES string of the molecule is CC(=O)O[C@]1(C(=O)C(=O)O)CC[C@H]2[C@@H]3CCC4=CC(=O)C=C[C@]4(C)[C@H]3C(=O)C[C@@]21C. The number of carbonyl (C=O) groups excluding carboxylic acids is 4. The molecule has 3 fully saturated rings. The molecule has 0 amide bonds. The summed E-state index contributed by atoms with van der Waals surface area (Å²) in [5.41, 5.74) is -2.50. The summed E-state index contributed by atoms with van der Waals surface area (Å²) in [4.78, 5) is 61.8. The summed E-state index contributed by atoms with van der Waals surface area (Å²) < 4.78 is 5.48. The van der Waals surface area contributed by atoms with Crippen molar-refractivity contribution < 1.29 is 33.8 Å². The van der Waals surface area contributed by atoms with Gasteiger partial charge in [-0.25, -0.2) is 4.79 Å². The number of ether oxygens (including phenoxy) is 1.